The predicted molar refractivity (Wildman–Crippen MR) is 137 cm³/mol. The lowest BCUT2D eigenvalue weighted by Crippen LogP contribution is -2.52. The monoisotopic (exact) mass is 520 g/mol. The molecule has 1 aliphatic carbocycles. The van der Waals surface area contributed by atoms with Crippen molar-refractivity contribution in [2.24, 2.45) is 17.8 Å². The van der Waals surface area contributed by atoms with Gasteiger partial charge in [-0.05, 0) is 64.4 Å². The van der Waals surface area contributed by atoms with Crippen LogP contribution in [0.2, 0.25) is 5.15 Å². The van der Waals surface area contributed by atoms with E-state index in [9.17, 15) is 9.59 Å². The largest absolute Gasteiger partial charge is 0.480 e. The van der Waals surface area contributed by atoms with Crippen LogP contribution in [0, 0.1) is 17.8 Å². The molecule has 0 radical (unpaired) electrons. The number of anilines is 1. The van der Waals surface area contributed by atoms with Gasteiger partial charge < -0.3 is 20.1 Å². The summed E-state index contributed by atoms with van der Waals surface area (Å²) in [6.07, 6.45) is 5.54. The first kappa shape index (κ1) is 27.7. The molecular formula is C25H37ClN6O4. The first-order valence-electron chi connectivity index (χ1n) is 12.3. The predicted octanol–water partition coefficient (Wildman–Crippen LogP) is 4.85. The number of nitrogens with one attached hydrogen (secondary N) is 2. The van der Waals surface area contributed by atoms with Crippen LogP contribution in [0.15, 0.2) is 18.5 Å². The van der Waals surface area contributed by atoms with Crippen molar-refractivity contribution in [3.05, 3.63) is 29.2 Å². The number of hydrogen-bond acceptors (Lipinski definition) is 7. The van der Waals surface area contributed by atoms with Crippen LogP contribution < -0.4 is 15.4 Å². The molecule has 1 aliphatic rings. The van der Waals surface area contributed by atoms with Gasteiger partial charge in [-0.15, -0.1) is 10.2 Å². The van der Waals surface area contributed by atoms with Gasteiger partial charge in [-0.2, -0.15) is 5.10 Å². The van der Waals surface area contributed by atoms with Crippen molar-refractivity contribution in [2.45, 2.75) is 78.5 Å². The second-order valence-corrected chi connectivity index (χ2v) is 11.1. The van der Waals surface area contributed by atoms with Crippen molar-refractivity contribution in [3.8, 4) is 5.88 Å². The molecule has 2 N–H and O–H groups in total. The molecule has 4 unspecified atom stereocenters. The van der Waals surface area contributed by atoms with E-state index in [2.05, 4.69) is 39.8 Å². The fourth-order valence-corrected chi connectivity index (χ4v) is 4.95. The molecule has 1 saturated carbocycles. The molecule has 0 aliphatic heterocycles. The third-order valence-corrected chi connectivity index (χ3v) is 6.73. The Labute approximate surface area is 217 Å². The highest BCUT2D eigenvalue weighted by molar-refractivity contribution is 6.29. The first-order valence-corrected chi connectivity index (χ1v) is 12.7. The summed E-state index contributed by atoms with van der Waals surface area (Å²) in [6.45, 7) is 11.7. The fraction of sp³-hybridized carbons (Fsp3) is 0.640. The van der Waals surface area contributed by atoms with Crippen LogP contribution in [0.3, 0.4) is 0 Å². The number of alkyl carbamates (subject to hydrolysis) is 1. The van der Waals surface area contributed by atoms with Crippen LogP contribution in [0.25, 0.3) is 0 Å². The summed E-state index contributed by atoms with van der Waals surface area (Å²) in [4.78, 5) is 26.1. The number of carbonyl (C=O) groups excluding carboxylic acids is 2. The minimum Gasteiger partial charge on any atom is -0.480 e. The lowest BCUT2D eigenvalue weighted by atomic mass is 9.72. The van der Waals surface area contributed by atoms with E-state index in [1.54, 1.807) is 43.9 Å². The van der Waals surface area contributed by atoms with E-state index in [4.69, 9.17) is 21.1 Å². The van der Waals surface area contributed by atoms with Gasteiger partial charge in [0.05, 0.1) is 25.0 Å². The van der Waals surface area contributed by atoms with Crippen LogP contribution in [0.4, 0.5) is 10.5 Å². The van der Waals surface area contributed by atoms with Gasteiger partial charge >= 0.3 is 6.09 Å². The molecule has 11 heteroatoms. The summed E-state index contributed by atoms with van der Waals surface area (Å²) in [6, 6.07) is 0.657. The molecule has 2 heterocycles. The highest BCUT2D eigenvalue weighted by atomic mass is 35.5. The van der Waals surface area contributed by atoms with E-state index >= 15 is 0 Å². The number of amides is 2. The lowest BCUT2D eigenvalue weighted by molar-refractivity contribution is -0.120. The zero-order valence-corrected chi connectivity index (χ0v) is 22.8. The molecule has 2 aromatic rings. The van der Waals surface area contributed by atoms with Gasteiger partial charge in [0.25, 0.3) is 0 Å². The standard InChI is InChI=1S/C25H37ClN6O4/c1-14-8-9-18(15(2)10-14)21(29-24(34)36-25(4,5)6)22(33)28-17-12-27-32(13-17)16(3)19-11-20(26)30-31-23(19)35-7/h11-16,18,21H,8-10H2,1-7H3,(H,28,33)(H,29,34)/t14?,15?,16?,18-,21?/m0/s1. The number of hydrogen-bond donors (Lipinski definition) is 2. The Bertz CT molecular complexity index is 1070. The third kappa shape index (κ3) is 7.09. The van der Waals surface area contributed by atoms with Crippen molar-refractivity contribution in [1.29, 1.82) is 0 Å². The van der Waals surface area contributed by atoms with Crippen molar-refractivity contribution < 1.29 is 19.1 Å². The maximum atomic E-state index is 13.5. The normalized spacial score (nSPS) is 21.8. The Morgan fingerprint density at radius 2 is 1.94 bits per heavy atom. The molecule has 0 aromatic carbocycles. The van der Waals surface area contributed by atoms with Crippen LogP contribution in [0.5, 0.6) is 5.88 Å². The lowest BCUT2D eigenvalue weighted by Gasteiger charge is -2.37. The Morgan fingerprint density at radius 3 is 2.58 bits per heavy atom. The van der Waals surface area contributed by atoms with Crippen LogP contribution >= 0.6 is 11.6 Å². The van der Waals surface area contributed by atoms with Crippen LogP contribution in [0.1, 0.15) is 72.4 Å². The third-order valence-electron chi connectivity index (χ3n) is 6.55. The smallest absolute Gasteiger partial charge is 0.408 e. The molecule has 0 spiro atoms. The summed E-state index contributed by atoms with van der Waals surface area (Å²) in [5.74, 6) is 0.908. The van der Waals surface area contributed by atoms with E-state index in [-0.39, 0.29) is 28.9 Å². The SMILES string of the molecule is COc1nnc(Cl)cc1C(C)n1cc(NC(=O)C(NC(=O)OC(C)(C)C)[C@H]2CCC(C)CC2C)cn1. The van der Waals surface area contributed by atoms with E-state index in [0.29, 0.717) is 23.0 Å². The van der Waals surface area contributed by atoms with E-state index in [1.807, 2.05) is 6.92 Å². The average molecular weight is 521 g/mol. The number of carbonyl (C=O) groups is 2. The molecule has 10 nitrogen and oxygen atoms in total. The highest BCUT2D eigenvalue weighted by Crippen LogP contribution is 2.36. The zero-order chi connectivity index (χ0) is 26.6. The number of rotatable bonds is 7. The van der Waals surface area contributed by atoms with Crippen LogP contribution in [-0.4, -0.2) is 50.7 Å². The molecule has 36 heavy (non-hydrogen) atoms. The molecular weight excluding hydrogens is 484 g/mol. The minimum absolute atomic E-state index is 0.00279. The van der Waals surface area contributed by atoms with Crippen molar-refractivity contribution in [1.82, 2.24) is 25.3 Å². The Morgan fingerprint density at radius 1 is 1.22 bits per heavy atom. The second-order valence-electron chi connectivity index (χ2n) is 10.7. The van der Waals surface area contributed by atoms with Crippen molar-refractivity contribution in [2.75, 3.05) is 12.4 Å². The topological polar surface area (TPSA) is 120 Å². The molecule has 0 bridgehead atoms. The Kier molecular flexibility index (Phi) is 8.81. The summed E-state index contributed by atoms with van der Waals surface area (Å²) in [5.41, 5.74) is 0.542. The summed E-state index contributed by atoms with van der Waals surface area (Å²) in [7, 11) is 1.51. The Balaban J connectivity index is 1.78. The van der Waals surface area contributed by atoms with Gasteiger partial charge in [0.2, 0.25) is 11.8 Å². The van der Waals surface area contributed by atoms with E-state index in [1.165, 1.54) is 7.11 Å². The summed E-state index contributed by atoms with van der Waals surface area (Å²) in [5, 5.41) is 18.2. The van der Waals surface area contributed by atoms with Gasteiger partial charge in [-0.3, -0.25) is 9.48 Å². The zero-order valence-electron chi connectivity index (χ0n) is 22.0. The van der Waals surface area contributed by atoms with Gasteiger partial charge in [0, 0.05) is 11.8 Å². The van der Waals surface area contributed by atoms with Crippen molar-refractivity contribution in [3.63, 3.8) is 0 Å². The van der Waals surface area contributed by atoms with Gasteiger partial charge in [-0.25, -0.2) is 4.79 Å². The van der Waals surface area contributed by atoms with Gasteiger partial charge in [-0.1, -0.05) is 31.9 Å². The quantitative estimate of drug-likeness (QED) is 0.535. The fourth-order valence-electron chi connectivity index (χ4n) is 4.79. The number of ether oxygens (including phenoxy) is 2. The second kappa shape index (κ2) is 11.5. The molecule has 198 valence electrons. The first-order chi connectivity index (χ1) is 16.9. The molecule has 5 atom stereocenters. The number of aromatic nitrogens is 4. The molecule has 2 aromatic heterocycles. The molecule has 2 amide bonds. The maximum Gasteiger partial charge on any atom is 0.408 e. The summed E-state index contributed by atoms with van der Waals surface area (Å²) >= 11 is 6.03. The minimum atomic E-state index is -0.730. The maximum absolute atomic E-state index is 13.5. The van der Waals surface area contributed by atoms with Crippen LogP contribution in [-0.2, 0) is 9.53 Å². The molecule has 1 fully saturated rings. The number of nitrogens with zero attached hydrogens (tertiary/aromatic N) is 4. The van der Waals surface area contributed by atoms with Gasteiger partial charge in [0.15, 0.2) is 5.15 Å². The average Bonchev–Trinajstić information content (AvgIpc) is 3.24. The van der Waals surface area contributed by atoms with E-state index < -0.39 is 17.7 Å². The summed E-state index contributed by atoms with van der Waals surface area (Å²) < 4.78 is 12.4. The van der Waals surface area contributed by atoms with Gasteiger partial charge in [0.1, 0.15) is 11.6 Å². The number of halogens is 1. The highest BCUT2D eigenvalue weighted by Gasteiger charge is 2.37. The Hall–Kier alpha value is -2.88. The van der Waals surface area contributed by atoms with Crippen molar-refractivity contribution >= 4 is 29.3 Å². The molecule has 3 rings (SSSR count). The molecule has 0 saturated heterocycles. The number of methoxy groups -OCH3 is 1. The van der Waals surface area contributed by atoms with E-state index in [0.717, 1.165) is 19.3 Å².